The van der Waals surface area contributed by atoms with E-state index < -0.39 is 0 Å². The molecule has 1 amide bonds. The molecule has 0 atom stereocenters. The number of methoxy groups -OCH3 is 1. The Hall–Kier alpha value is -3.00. The molecular formula is C19H19N3O2. The van der Waals surface area contributed by atoms with Gasteiger partial charge in [0.05, 0.1) is 18.7 Å². The third-order valence-corrected chi connectivity index (χ3v) is 4.22. The standard InChI is InChI=1S/C19H19N3O2/c1-24-18-7-3-5-16(13-18)19(23)22-10-8-21(9-11-22)17-6-2-4-15(12-17)14-20/h2-7,12-13H,8-11H2,1H3. The zero-order valence-corrected chi connectivity index (χ0v) is 13.6. The van der Waals surface area contributed by atoms with E-state index in [1.807, 2.05) is 41.3 Å². The molecule has 24 heavy (non-hydrogen) atoms. The molecule has 1 fully saturated rings. The Morgan fingerprint density at radius 3 is 2.54 bits per heavy atom. The van der Waals surface area contributed by atoms with Crippen LogP contribution < -0.4 is 9.64 Å². The largest absolute Gasteiger partial charge is 0.497 e. The minimum atomic E-state index is 0.0272. The molecular weight excluding hydrogens is 302 g/mol. The monoisotopic (exact) mass is 321 g/mol. The Kier molecular flexibility index (Phi) is 4.66. The van der Waals surface area contributed by atoms with Crippen molar-refractivity contribution in [2.75, 3.05) is 38.2 Å². The van der Waals surface area contributed by atoms with Crippen LogP contribution in [0.25, 0.3) is 0 Å². The van der Waals surface area contributed by atoms with Crippen molar-refractivity contribution < 1.29 is 9.53 Å². The van der Waals surface area contributed by atoms with Crippen molar-refractivity contribution in [3.8, 4) is 11.8 Å². The molecule has 0 spiro atoms. The average molecular weight is 321 g/mol. The van der Waals surface area contributed by atoms with Crippen LogP contribution >= 0.6 is 0 Å². The number of anilines is 1. The lowest BCUT2D eigenvalue weighted by Crippen LogP contribution is -2.48. The summed E-state index contributed by atoms with van der Waals surface area (Å²) in [6, 6.07) is 17.0. The third kappa shape index (κ3) is 3.33. The van der Waals surface area contributed by atoms with Gasteiger partial charge in [-0.3, -0.25) is 4.79 Å². The first-order valence-electron chi connectivity index (χ1n) is 7.89. The van der Waals surface area contributed by atoms with Gasteiger partial charge in [-0.15, -0.1) is 0 Å². The maximum atomic E-state index is 12.6. The topological polar surface area (TPSA) is 56.6 Å². The number of nitriles is 1. The second-order valence-electron chi connectivity index (χ2n) is 5.67. The van der Waals surface area contributed by atoms with Gasteiger partial charge in [0.25, 0.3) is 5.91 Å². The van der Waals surface area contributed by atoms with Gasteiger partial charge < -0.3 is 14.5 Å². The van der Waals surface area contributed by atoms with Crippen molar-refractivity contribution >= 4 is 11.6 Å². The van der Waals surface area contributed by atoms with Crippen LogP contribution in [0.2, 0.25) is 0 Å². The van der Waals surface area contributed by atoms with Gasteiger partial charge in [0.15, 0.2) is 0 Å². The molecule has 5 nitrogen and oxygen atoms in total. The number of ether oxygens (including phenoxy) is 1. The van der Waals surface area contributed by atoms with Crippen molar-refractivity contribution in [3.63, 3.8) is 0 Å². The van der Waals surface area contributed by atoms with Crippen LogP contribution in [0.1, 0.15) is 15.9 Å². The number of carbonyl (C=O) groups is 1. The van der Waals surface area contributed by atoms with Crippen LogP contribution in [0.15, 0.2) is 48.5 Å². The fourth-order valence-corrected chi connectivity index (χ4v) is 2.88. The van der Waals surface area contributed by atoms with E-state index in [0.717, 1.165) is 18.8 Å². The maximum Gasteiger partial charge on any atom is 0.254 e. The fourth-order valence-electron chi connectivity index (χ4n) is 2.88. The predicted octanol–water partition coefficient (Wildman–Crippen LogP) is 2.53. The summed E-state index contributed by atoms with van der Waals surface area (Å²) in [5.74, 6) is 0.715. The van der Waals surface area contributed by atoms with Gasteiger partial charge in [0, 0.05) is 37.4 Å². The summed E-state index contributed by atoms with van der Waals surface area (Å²) in [6.45, 7) is 2.83. The fraction of sp³-hybridized carbons (Fsp3) is 0.263. The van der Waals surface area contributed by atoms with Gasteiger partial charge in [-0.2, -0.15) is 5.26 Å². The molecule has 0 bridgehead atoms. The minimum absolute atomic E-state index is 0.0272. The summed E-state index contributed by atoms with van der Waals surface area (Å²) < 4.78 is 5.18. The minimum Gasteiger partial charge on any atom is -0.497 e. The Balaban J connectivity index is 1.66. The lowest BCUT2D eigenvalue weighted by Gasteiger charge is -2.36. The molecule has 1 aliphatic heterocycles. The van der Waals surface area contributed by atoms with Gasteiger partial charge in [-0.25, -0.2) is 0 Å². The molecule has 1 heterocycles. The van der Waals surface area contributed by atoms with Crippen LogP contribution in [0.4, 0.5) is 5.69 Å². The highest BCUT2D eigenvalue weighted by molar-refractivity contribution is 5.94. The molecule has 2 aromatic rings. The normalized spacial score (nSPS) is 14.2. The number of hydrogen-bond donors (Lipinski definition) is 0. The van der Waals surface area contributed by atoms with E-state index in [9.17, 15) is 4.79 Å². The van der Waals surface area contributed by atoms with E-state index >= 15 is 0 Å². The second kappa shape index (κ2) is 7.05. The van der Waals surface area contributed by atoms with E-state index in [1.165, 1.54) is 0 Å². The summed E-state index contributed by atoms with van der Waals surface area (Å²) in [7, 11) is 1.59. The Bertz CT molecular complexity index is 774. The maximum absolute atomic E-state index is 12.6. The second-order valence-corrected chi connectivity index (χ2v) is 5.67. The van der Waals surface area contributed by atoms with Crippen LogP contribution in [0.5, 0.6) is 5.75 Å². The lowest BCUT2D eigenvalue weighted by atomic mass is 10.1. The van der Waals surface area contributed by atoms with E-state index in [4.69, 9.17) is 10.00 Å². The Morgan fingerprint density at radius 1 is 1.08 bits per heavy atom. The summed E-state index contributed by atoms with van der Waals surface area (Å²) in [6.07, 6.45) is 0. The van der Waals surface area contributed by atoms with Crippen LogP contribution in [-0.4, -0.2) is 44.1 Å². The molecule has 0 N–H and O–H groups in total. The molecule has 0 aromatic heterocycles. The molecule has 0 unspecified atom stereocenters. The summed E-state index contributed by atoms with van der Waals surface area (Å²) in [4.78, 5) is 16.7. The number of piperazine rings is 1. The van der Waals surface area contributed by atoms with Crippen molar-refractivity contribution in [2.45, 2.75) is 0 Å². The van der Waals surface area contributed by atoms with Gasteiger partial charge in [-0.1, -0.05) is 12.1 Å². The first-order chi connectivity index (χ1) is 11.7. The Morgan fingerprint density at radius 2 is 1.83 bits per heavy atom. The molecule has 122 valence electrons. The van der Waals surface area contributed by atoms with E-state index in [2.05, 4.69) is 11.0 Å². The van der Waals surface area contributed by atoms with E-state index in [1.54, 1.807) is 19.2 Å². The number of nitrogens with zero attached hydrogens (tertiary/aromatic N) is 3. The lowest BCUT2D eigenvalue weighted by molar-refractivity contribution is 0.0746. The summed E-state index contributed by atoms with van der Waals surface area (Å²) >= 11 is 0. The SMILES string of the molecule is COc1cccc(C(=O)N2CCN(c3cccc(C#N)c3)CC2)c1. The van der Waals surface area contributed by atoms with Gasteiger partial charge >= 0.3 is 0 Å². The molecule has 3 rings (SSSR count). The van der Waals surface area contributed by atoms with Crippen LogP contribution in [0.3, 0.4) is 0 Å². The van der Waals surface area contributed by atoms with Crippen LogP contribution in [-0.2, 0) is 0 Å². The molecule has 1 saturated heterocycles. The molecule has 1 aliphatic rings. The predicted molar refractivity (Wildman–Crippen MR) is 92.3 cm³/mol. The molecule has 2 aromatic carbocycles. The smallest absolute Gasteiger partial charge is 0.254 e. The number of hydrogen-bond acceptors (Lipinski definition) is 4. The number of benzene rings is 2. The van der Waals surface area contributed by atoms with E-state index in [0.29, 0.717) is 30.0 Å². The number of carbonyl (C=O) groups excluding carboxylic acids is 1. The molecule has 0 radical (unpaired) electrons. The third-order valence-electron chi connectivity index (χ3n) is 4.22. The number of amides is 1. The highest BCUT2D eigenvalue weighted by Gasteiger charge is 2.22. The molecule has 0 saturated carbocycles. The van der Waals surface area contributed by atoms with Crippen molar-refractivity contribution in [3.05, 3.63) is 59.7 Å². The molecule has 5 heteroatoms. The highest BCUT2D eigenvalue weighted by atomic mass is 16.5. The van der Waals surface area contributed by atoms with Gasteiger partial charge in [-0.05, 0) is 36.4 Å². The zero-order valence-electron chi connectivity index (χ0n) is 13.6. The first-order valence-corrected chi connectivity index (χ1v) is 7.89. The van der Waals surface area contributed by atoms with Crippen molar-refractivity contribution in [2.24, 2.45) is 0 Å². The average Bonchev–Trinajstić information content (AvgIpc) is 2.67. The zero-order chi connectivity index (χ0) is 16.9. The highest BCUT2D eigenvalue weighted by Crippen LogP contribution is 2.20. The number of rotatable bonds is 3. The van der Waals surface area contributed by atoms with Gasteiger partial charge in [0.2, 0.25) is 0 Å². The Labute approximate surface area is 141 Å². The van der Waals surface area contributed by atoms with Crippen molar-refractivity contribution in [1.82, 2.24) is 4.90 Å². The van der Waals surface area contributed by atoms with E-state index in [-0.39, 0.29) is 5.91 Å². The summed E-state index contributed by atoms with van der Waals surface area (Å²) in [5.41, 5.74) is 2.33. The van der Waals surface area contributed by atoms with Gasteiger partial charge in [0.1, 0.15) is 5.75 Å². The molecule has 0 aliphatic carbocycles. The van der Waals surface area contributed by atoms with Crippen LogP contribution in [0, 0.1) is 11.3 Å². The summed E-state index contributed by atoms with van der Waals surface area (Å²) in [5, 5.41) is 9.01. The van der Waals surface area contributed by atoms with Crippen molar-refractivity contribution in [1.29, 1.82) is 5.26 Å². The quantitative estimate of drug-likeness (QED) is 0.872. The first kappa shape index (κ1) is 15.9.